The molecule has 1 aromatic heterocycles. The molecule has 1 aromatic carbocycles. The topological polar surface area (TPSA) is 78.5 Å². The van der Waals surface area contributed by atoms with Crippen LogP contribution in [-0.4, -0.2) is 58.0 Å². The highest BCUT2D eigenvalue weighted by Gasteiger charge is 2.34. The second-order valence-corrected chi connectivity index (χ2v) is 6.42. The van der Waals surface area contributed by atoms with Gasteiger partial charge in [-0.15, -0.1) is 0 Å². The van der Waals surface area contributed by atoms with Gasteiger partial charge < -0.3 is 14.6 Å². The number of aromatic amines is 1. The average molecular weight is 328 g/mol. The quantitative estimate of drug-likeness (QED) is 0.934. The monoisotopic (exact) mass is 328 g/mol. The van der Waals surface area contributed by atoms with Crippen LogP contribution in [0.2, 0.25) is 0 Å². The minimum absolute atomic E-state index is 0.0482. The Hall–Kier alpha value is -2.57. The van der Waals surface area contributed by atoms with Crippen molar-refractivity contribution in [3.8, 4) is 0 Å². The van der Waals surface area contributed by atoms with Gasteiger partial charge in [-0.25, -0.2) is 9.78 Å². The Bertz CT molecular complexity index is 800. The average Bonchev–Trinajstić information content (AvgIpc) is 3.26. The Balaban J connectivity index is 1.54. The van der Waals surface area contributed by atoms with Crippen molar-refractivity contribution in [2.75, 3.05) is 26.2 Å². The van der Waals surface area contributed by atoms with Crippen LogP contribution in [0.25, 0.3) is 11.0 Å². The predicted octanol–water partition coefficient (Wildman–Crippen LogP) is 1.99. The van der Waals surface area contributed by atoms with Crippen molar-refractivity contribution in [1.82, 2.24) is 19.8 Å². The molecule has 4 rings (SSSR count). The van der Waals surface area contributed by atoms with Crippen LogP contribution >= 0.6 is 0 Å². The molecule has 3 heterocycles. The number of ether oxygens (including phenoxy) is 1. The molecular weight excluding hydrogens is 308 g/mol. The predicted molar refractivity (Wildman–Crippen MR) is 87.4 cm³/mol. The first-order valence-corrected chi connectivity index (χ1v) is 8.29. The first kappa shape index (κ1) is 15.0. The van der Waals surface area contributed by atoms with Gasteiger partial charge in [-0.05, 0) is 37.5 Å². The van der Waals surface area contributed by atoms with E-state index in [1.165, 1.54) is 10.5 Å². The number of fused-ring (bicyclic) bond motifs is 1. The summed E-state index contributed by atoms with van der Waals surface area (Å²) in [6.45, 7) is 3.66. The molecule has 7 heteroatoms. The second kappa shape index (κ2) is 5.81. The molecule has 0 bridgehead atoms. The zero-order chi connectivity index (χ0) is 16.7. The van der Waals surface area contributed by atoms with Crippen molar-refractivity contribution in [2.24, 2.45) is 0 Å². The van der Waals surface area contributed by atoms with Crippen molar-refractivity contribution in [3.63, 3.8) is 0 Å². The van der Waals surface area contributed by atoms with Gasteiger partial charge in [0.2, 0.25) is 5.91 Å². The Kier molecular flexibility index (Phi) is 3.63. The number of carbonyl (C=O) groups excluding carboxylic acids is 2. The number of benzene rings is 1. The molecule has 2 aliphatic heterocycles. The van der Waals surface area contributed by atoms with Gasteiger partial charge in [-0.1, -0.05) is 6.07 Å². The van der Waals surface area contributed by atoms with Gasteiger partial charge in [0.1, 0.15) is 19.0 Å². The van der Waals surface area contributed by atoms with E-state index in [0.717, 1.165) is 29.7 Å². The zero-order valence-corrected chi connectivity index (χ0v) is 13.6. The molecular formula is C17H20N4O3. The summed E-state index contributed by atoms with van der Waals surface area (Å²) >= 11 is 0. The molecule has 2 fully saturated rings. The molecule has 1 N–H and O–H groups in total. The number of aryl methyl sites for hydroxylation is 1. The van der Waals surface area contributed by atoms with E-state index >= 15 is 0 Å². The lowest BCUT2D eigenvalue weighted by molar-refractivity contribution is -0.132. The summed E-state index contributed by atoms with van der Waals surface area (Å²) in [4.78, 5) is 35.5. The van der Waals surface area contributed by atoms with Crippen LogP contribution in [0.1, 0.15) is 30.3 Å². The lowest BCUT2D eigenvalue weighted by Gasteiger charge is -2.25. The Morgan fingerprint density at radius 1 is 1.42 bits per heavy atom. The third kappa shape index (κ3) is 2.60. The number of rotatable bonds is 3. The number of hydrogen-bond acceptors (Lipinski definition) is 4. The molecule has 2 aromatic rings. The number of imidazole rings is 1. The van der Waals surface area contributed by atoms with Gasteiger partial charge in [0, 0.05) is 6.54 Å². The van der Waals surface area contributed by atoms with Crippen molar-refractivity contribution in [3.05, 3.63) is 29.6 Å². The highest BCUT2D eigenvalue weighted by molar-refractivity contribution is 5.83. The fourth-order valence-electron chi connectivity index (χ4n) is 3.47. The number of amides is 2. The Labute approximate surface area is 139 Å². The maximum Gasteiger partial charge on any atom is 0.410 e. The lowest BCUT2D eigenvalue weighted by Crippen LogP contribution is -2.40. The van der Waals surface area contributed by atoms with E-state index in [0.29, 0.717) is 19.7 Å². The third-order valence-electron chi connectivity index (χ3n) is 4.72. The summed E-state index contributed by atoms with van der Waals surface area (Å²) in [6.07, 6.45) is 1.42. The van der Waals surface area contributed by atoms with Gasteiger partial charge in [0.25, 0.3) is 0 Å². The normalized spacial score (nSPS) is 20.9. The van der Waals surface area contributed by atoms with E-state index in [2.05, 4.69) is 16.0 Å². The summed E-state index contributed by atoms with van der Waals surface area (Å²) in [5.41, 5.74) is 3.08. The van der Waals surface area contributed by atoms with E-state index in [9.17, 15) is 9.59 Å². The van der Waals surface area contributed by atoms with E-state index in [4.69, 9.17) is 4.74 Å². The van der Waals surface area contributed by atoms with E-state index in [-0.39, 0.29) is 18.5 Å². The summed E-state index contributed by atoms with van der Waals surface area (Å²) in [5.74, 6) is 0.776. The maximum absolute atomic E-state index is 12.6. The fourth-order valence-corrected chi connectivity index (χ4v) is 3.47. The molecule has 1 atom stereocenters. The number of carbonyl (C=O) groups is 2. The minimum Gasteiger partial charge on any atom is -0.448 e. The third-order valence-corrected chi connectivity index (χ3v) is 4.72. The molecule has 0 saturated carbocycles. The van der Waals surface area contributed by atoms with Crippen LogP contribution in [-0.2, 0) is 9.53 Å². The van der Waals surface area contributed by atoms with Crippen molar-refractivity contribution >= 4 is 23.0 Å². The number of nitrogens with zero attached hydrogens (tertiary/aromatic N) is 3. The number of H-pyrrole nitrogens is 1. The summed E-state index contributed by atoms with van der Waals surface area (Å²) < 4.78 is 4.89. The molecule has 24 heavy (non-hydrogen) atoms. The van der Waals surface area contributed by atoms with E-state index in [1.54, 1.807) is 0 Å². The standard InChI is InChI=1S/C17H20N4O3/c1-11-4-5-12-13(9-11)19-16(18-12)14-3-2-6-21(14)15(22)10-20-7-8-24-17(20)23/h4-5,9,14H,2-3,6-8,10H2,1H3,(H,18,19). The number of cyclic esters (lactones) is 1. The molecule has 2 saturated heterocycles. The summed E-state index contributed by atoms with van der Waals surface area (Å²) in [5, 5.41) is 0. The summed E-state index contributed by atoms with van der Waals surface area (Å²) in [6, 6.07) is 6.03. The van der Waals surface area contributed by atoms with Crippen LogP contribution in [0.15, 0.2) is 18.2 Å². The van der Waals surface area contributed by atoms with Crippen LogP contribution in [0.4, 0.5) is 4.79 Å². The largest absolute Gasteiger partial charge is 0.448 e. The Morgan fingerprint density at radius 2 is 2.29 bits per heavy atom. The van der Waals surface area contributed by atoms with Gasteiger partial charge >= 0.3 is 6.09 Å². The molecule has 0 aliphatic carbocycles. The smallest absolute Gasteiger partial charge is 0.410 e. The first-order chi connectivity index (χ1) is 11.6. The van der Waals surface area contributed by atoms with E-state index < -0.39 is 6.09 Å². The number of hydrogen-bond donors (Lipinski definition) is 1. The molecule has 2 amide bonds. The van der Waals surface area contributed by atoms with Crippen LogP contribution in [0.5, 0.6) is 0 Å². The van der Waals surface area contributed by atoms with Gasteiger partial charge in [0.15, 0.2) is 0 Å². The highest BCUT2D eigenvalue weighted by atomic mass is 16.6. The van der Waals surface area contributed by atoms with Crippen molar-refractivity contribution < 1.29 is 14.3 Å². The summed E-state index contributed by atoms with van der Waals surface area (Å²) in [7, 11) is 0. The van der Waals surface area contributed by atoms with Crippen LogP contribution in [0, 0.1) is 6.92 Å². The van der Waals surface area contributed by atoms with Gasteiger partial charge in [0.05, 0.1) is 23.6 Å². The Morgan fingerprint density at radius 3 is 3.08 bits per heavy atom. The maximum atomic E-state index is 12.6. The number of aromatic nitrogens is 2. The van der Waals surface area contributed by atoms with Crippen LogP contribution < -0.4 is 0 Å². The van der Waals surface area contributed by atoms with E-state index in [1.807, 2.05) is 24.0 Å². The zero-order valence-electron chi connectivity index (χ0n) is 13.6. The van der Waals surface area contributed by atoms with Crippen LogP contribution in [0.3, 0.4) is 0 Å². The number of nitrogens with one attached hydrogen (secondary N) is 1. The lowest BCUT2D eigenvalue weighted by atomic mass is 10.2. The SMILES string of the molecule is Cc1ccc2nc(C3CCCN3C(=O)CN3CCOC3=O)[nH]c2c1. The first-order valence-electron chi connectivity index (χ1n) is 8.29. The van der Waals surface area contributed by atoms with Crippen molar-refractivity contribution in [2.45, 2.75) is 25.8 Å². The molecule has 126 valence electrons. The van der Waals surface area contributed by atoms with Gasteiger partial charge in [-0.3, -0.25) is 9.69 Å². The fraction of sp³-hybridized carbons (Fsp3) is 0.471. The molecule has 1 unspecified atom stereocenters. The minimum atomic E-state index is -0.404. The second-order valence-electron chi connectivity index (χ2n) is 6.42. The molecule has 2 aliphatic rings. The highest BCUT2D eigenvalue weighted by Crippen LogP contribution is 2.31. The molecule has 7 nitrogen and oxygen atoms in total. The molecule has 0 spiro atoms. The van der Waals surface area contributed by atoms with Gasteiger partial charge in [-0.2, -0.15) is 0 Å². The molecule has 0 radical (unpaired) electrons. The van der Waals surface area contributed by atoms with Crippen molar-refractivity contribution in [1.29, 1.82) is 0 Å². The number of likely N-dealkylation sites (tertiary alicyclic amines) is 1.